The highest BCUT2D eigenvalue weighted by Gasteiger charge is 2.40. The smallest absolute Gasteiger partial charge is 0.275 e. The molecule has 0 aromatic carbocycles. The second kappa shape index (κ2) is 4.01. The van der Waals surface area contributed by atoms with Gasteiger partial charge in [-0.2, -0.15) is 0 Å². The van der Waals surface area contributed by atoms with Crippen molar-refractivity contribution in [3.8, 4) is 0 Å². The molecular weight excluding hydrogens is 234 g/mol. The molecule has 3 rings (SSSR count). The number of piperidine rings is 1. The van der Waals surface area contributed by atoms with Crippen molar-refractivity contribution < 1.29 is 9.21 Å². The standard InChI is InChI=1S/C11H15N5O2/c12-10-13-6-11(15-10)1-3-16(4-2-11)9(17)8-5-18-7-14-8/h5,7H,1-4,6H2,(H3,12,13,15). The maximum atomic E-state index is 12.1. The second-order valence-corrected chi connectivity index (χ2v) is 4.80. The van der Waals surface area contributed by atoms with Gasteiger partial charge in [-0.15, -0.1) is 0 Å². The number of nitrogens with one attached hydrogen (secondary N) is 3. The summed E-state index contributed by atoms with van der Waals surface area (Å²) >= 11 is 0. The molecule has 7 heteroatoms. The predicted octanol–water partition coefficient (Wildman–Crippen LogP) is -0.223. The summed E-state index contributed by atoms with van der Waals surface area (Å²) in [5.74, 6) is 0.297. The third-order valence-corrected chi connectivity index (χ3v) is 3.65. The van der Waals surface area contributed by atoms with Crippen LogP contribution in [0.2, 0.25) is 0 Å². The first-order chi connectivity index (χ1) is 8.69. The minimum atomic E-state index is -0.0837. The van der Waals surface area contributed by atoms with E-state index in [1.807, 2.05) is 0 Å². The van der Waals surface area contributed by atoms with Crippen LogP contribution < -0.4 is 10.6 Å². The first-order valence-corrected chi connectivity index (χ1v) is 5.97. The first-order valence-electron chi connectivity index (χ1n) is 5.97. The van der Waals surface area contributed by atoms with Gasteiger partial charge in [0.05, 0.1) is 5.54 Å². The van der Waals surface area contributed by atoms with E-state index in [1.165, 1.54) is 12.7 Å². The summed E-state index contributed by atoms with van der Waals surface area (Å²) in [6.07, 6.45) is 4.32. The fourth-order valence-corrected chi connectivity index (χ4v) is 2.53. The molecule has 0 atom stereocenters. The maximum absolute atomic E-state index is 12.1. The van der Waals surface area contributed by atoms with Gasteiger partial charge in [-0.1, -0.05) is 0 Å². The van der Waals surface area contributed by atoms with E-state index in [9.17, 15) is 4.79 Å². The van der Waals surface area contributed by atoms with Crippen molar-refractivity contribution >= 4 is 11.9 Å². The van der Waals surface area contributed by atoms with Gasteiger partial charge < -0.3 is 20.0 Å². The highest BCUT2D eigenvalue weighted by Crippen LogP contribution is 2.24. The van der Waals surface area contributed by atoms with Gasteiger partial charge in [0, 0.05) is 19.6 Å². The average molecular weight is 249 g/mol. The minimum absolute atomic E-state index is 0.0578. The highest BCUT2D eigenvalue weighted by molar-refractivity contribution is 5.92. The highest BCUT2D eigenvalue weighted by atomic mass is 16.3. The lowest BCUT2D eigenvalue weighted by atomic mass is 9.88. The van der Waals surface area contributed by atoms with Crippen LogP contribution in [0.3, 0.4) is 0 Å². The largest absolute Gasteiger partial charge is 0.451 e. The van der Waals surface area contributed by atoms with Crippen molar-refractivity contribution in [2.75, 3.05) is 19.6 Å². The molecule has 0 bridgehead atoms. The molecule has 1 aromatic rings. The Balaban J connectivity index is 1.64. The molecule has 1 aromatic heterocycles. The van der Waals surface area contributed by atoms with E-state index in [-0.39, 0.29) is 11.4 Å². The lowest BCUT2D eigenvalue weighted by Crippen LogP contribution is -2.53. The summed E-state index contributed by atoms with van der Waals surface area (Å²) in [5, 5.41) is 13.7. The SMILES string of the molecule is N=C1NCC2(CCN(C(=O)c3cocn3)CC2)N1. The third kappa shape index (κ3) is 1.81. The van der Waals surface area contributed by atoms with Crippen molar-refractivity contribution in [2.24, 2.45) is 0 Å². The Morgan fingerprint density at radius 2 is 2.28 bits per heavy atom. The molecule has 96 valence electrons. The lowest BCUT2D eigenvalue weighted by Gasteiger charge is -2.38. The molecule has 0 aliphatic carbocycles. The van der Waals surface area contributed by atoms with Gasteiger partial charge in [-0.05, 0) is 12.8 Å². The molecule has 0 unspecified atom stereocenters. The van der Waals surface area contributed by atoms with Crippen molar-refractivity contribution in [1.82, 2.24) is 20.5 Å². The fourth-order valence-electron chi connectivity index (χ4n) is 2.53. The van der Waals surface area contributed by atoms with Crippen molar-refractivity contribution in [2.45, 2.75) is 18.4 Å². The maximum Gasteiger partial charge on any atom is 0.275 e. The zero-order valence-electron chi connectivity index (χ0n) is 9.90. The molecule has 0 saturated carbocycles. The number of hydrogen-bond donors (Lipinski definition) is 3. The van der Waals surface area contributed by atoms with Crippen molar-refractivity contribution in [1.29, 1.82) is 5.41 Å². The van der Waals surface area contributed by atoms with Gasteiger partial charge in [0.25, 0.3) is 5.91 Å². The Kier molecular flexibility index (Phi) is 2.46. The van der Waals surface area contributed by atoms with Crippen LogP contribution in [-0.4, -0.2) is 46.9 Å². The Morgan fingerprint density at radius 1 is 1.50 bits per heavy atom. The molecule has 18 heavy (non-hydrogen) atoms. The van der Waals surface area contributed by atoms with Crippen molar-refractivity contribution in [3.05, 3.63) is 18.4 Å². The van der Waals surface area contributed by atoms with Gasteiger partial charge in [0.15, 0.2) is 18.0 Å². The first kappa shape index (κ1) is 11.1. The Hall–Kier alpha value is -2.05. The molecule has 1 spiro atoms. The number of nitrogens with zero attached hydrogens (tertiary/aromatic N) is 2. The number of likely N-dealkylation sites (tertiary alicyclic amines) is 1. The third-order valence-electron chi connectivity index (χ3n) is 3.65. The summed E-state index contributed by atoms with van der Waals surface area (Å²) in [7, 11) is 0. The van der Waals surface area contributed by atoms with Gasteiger partial charge in [-0.3, -0.25) is 10.2 Å². The molecule has 1 amide bonds. The number of hydrogen-bond acceptors (Lipinski definition) is 4. The van der Waals surface area contributed by atoms with Crippen LogP contribution in [0.15, 0.2) is 17.1 Å². The zero-order valence-corrected chi connectivity index (χ0v) is 9.90. The van der Waals surface area contributed by atoms with Crippen LogP contribution in [0.4, 0.5) is 0 Å². The van der Waals surface area contributed by atoms with Crippen LogP contribution in [-0.2, 0) is 0 Å². The Labute approximate surface area is 104 Å². The lowest BCUT2D eigenvalue weighted by molar-refractivity contribution is 0.0663. The van der Waals surface area contributed by atoms with E-state index in [1.54, 1.807) is 4.90 Å². The number of rotatable bonds is 1. The molecule has 2 fully saturated rings. The van der Waals surface area contributed by atoms with E-state index in [0.29, 0.717) is 24.7 Å². The van der Waals surface area contributed by atoms with Crippen LogP contribution in [0, 0.1) is 5.41 Å². The minimum Gasteiger partial charge on any atom is -0.451 e. The molecule has 2 saturated heterocycles. The second-order valence-electron chi connectivity index (χ2n) is 4.80. The van der Waals surface area contributed by atoms with E-state index < -0.39 is 0 Å². The monoisotopic (exact) mass is 249 g/mol. The average Bonchev–Trinajstić information content (AvgIpc) is 3.00. The van der Waals surface area contributed by atoms with Gasteiger partial charge in [-0.25, -0.2) is 4.98 Å². The zero-order chi connectivity index (χ0) is 12.6. The number of oxazole rings is 1. The molecule has 3 N–H and O–H groups in total. The summed E-state index contributed by atoms with van der Waals surface area (Å²) in [5.41, 5.74) is 0.300. The van der Waals surface area contributed by atoms with Gasteiger partial charge in [0.2, 0.25) is 0 Å². The Bertz CT molecular complexity index is 462. The fraction of sp³-hybridized carbons (Fsp3) is 0.545. The number of amides is 1. The topological polar surface area (TPSA) is 94.3 Å². The number of guanidine groups is 1. The molecule has 2 aliphatic heterocycles. The molecule has 0 radical (unpaired) electrons. The van der Waals surface area contributed by atoms with Crippen LogP contribution in [0.5, 0.6) is 0 Å². The van der Waals surface area contributed by atoms with E-state index >= 15 is 0 Å². The van der Waals surface area contributed by atoms with Gasteiger partial charge >= 0.3 is 0 Å². The predicted molar refractivity (Wildman–Crippen MR) is 63.2 cm³/mol. The van der Waals surface area contributed by atoms with Crippen LogP contribution in [0.1, 0.15) is 23.3 Å². The van der Waals surface area contributed by atoms with E-state index in [4.69, 9.17) is 9.83 Å². The van der Waals surface area contributed by atoms with E-state index in [0.717, 1.165) is 19.4 Å². The number of aromatic nitrogens is 1. The number of carbonyl (C=O) groups is 1. The summed E-state index contributed by atoms with van der Waals surface area (Å²) in [6.45, 7) is 2.11. The molecule has 7 nitrogen and oxygen atoms in total. The number of carbonyl (C=O) groups excluding carboxylic acids is 1. The van der Waals surface area contributed by atoms with Gasteiger partial charge in [0.1, 0.15) is 6.26 Å². The Morgan fingerprint density at radius 3 is 2.83 bits per heavy atom. The molecular formula is C11H15N5O2. The van der Waals surface area contributed by atoms with Crippen LogP contribution >= 0.6 is 0 Å². The molecule has 2 aliphatic rings. The quantitative estimate of drug-likeness (QED) is 0.639. The van der Waals surface area contributed by atoms with E-state index in [2.05, 4.69) is 15.6 Å². The van der Waals surface area contributed by atoms with Crippen LogP contribution in [0.25, 0.3) is 0 Å². The summed E-state index contributed by atoms with van der Waals surface area (Å²) < 4.78 is 4.82. The normalized spacial score (nSPS) is 21.8. The summed E-state index contributed by atoms with van der Waals surface area (Å²) in [4.78, 5) is 17.7. The van der Waals surface area contributed by atoms with Crippen molar-refractivity contribution in [3.63, 3.8) is 0 Å². The molecule has 3 heterocycles. The summed E-state index contributed by atoms with van der Waals surface area (Å²) in [6, 6.07) is 0.